The van der Waals surface area contributed by atoms with Crippen molar-refractivity contribution in [2.45, 2.75) is 51.7 Å². The van der Waals surface area contributed by atoms with Crippen LogP contribution in [-0.4, -0.2) is 27.5 Å². The Kier molecular flexibility index (Phi) is 4.32. The van der Waals surface area contributed by atoms with Crippen molar-refractivity contribution in [1.82, 2.24) is 14.5 Å². The van der Waals surface area contributed by atoms with E-state index < -0.39 is 6.55 Å². The van der Waals surface area contributed by atoms with Crippen LogP contribution in [0.5, 0.6) is 0 Å². The smallest absolute Gasteiger partial charge is 0.296 e. The van der Waals surface area contributed by atoms with Gasteiger partial charge in [0.25, 0.3) is 0 Å². The second-order valence-electron chi connectivity index (χ2n) is 5.27. The standard InChI is InChI=1S/C13H21F2N3/c1-10-5-3-4-6-11(10)17(2)9-12-16-7-8-18(12)13(14)15/h7-8,10-11,13H,3-6,9H2,1-2H3. The molecule has 1 aliphatic carbocycles. The fourth-order valence-electron chi connectivity index (χ4n) is 2.94. The molecular formula is C13H21F2N3. The molecule has 1 heterocycles. The van der Waals surface area contributed by atoms with Gasteiger partial charge in [-0.2, -0.15) is 8.78 Å². The fourth-order valence-corrected chi connectivity index (χ4v) is 2.94. The minimum atomic E-state index is -2.50. The van der Waals surface area contributed by atoms with Crippen molar-refractivity contribution >= 4 is 0 Å². The number of hydrogen-bond acceptors (Lipinski definition) is 2. The van der Waals surface area contributed by atoms with Crippen LogP contribution in [0.1, 0.15) is 45.0 Å². The number of imidazole rings is 1. The number of nitrogens with zero attached hydrogens (tertiary/aromatic N) is 3. The van der Waals surface area contributed by atoms with E-state index in [2.05, 4.69) is 16.8 Å². The zero-order valence-corrected chi connectivity index (χ0v) is 11.0. The molecule has 5 heteroatoms. The molecule has 2 rings (SSSR count). The van der Waals surface area contributed by atoms with E-state index in [9.17, 15) is 8.78 Å². The Balaban J connectivity index is 2.01. The topological polar surface area (TPSA) is 21.1 Å². The highest BCUT2D eigenvalue weighted by Crippen LogP contribution is 2.28. The van der Waals surface area contributed by atoms with Gasteiger partial charge in [0.15, 0.2) is 0 Å². The van der Waals surface area contributed by atoms with E-state index in [-0.39, 0.29) is 0 Å². The quantitative estimate of drug-likeness (QED) is 0.825. The van der Waals surface area contributed by atoms with Crippen molar-refractivity contribution in [1.29, 1.82) is 0 Å². The van der Waals surface area contributed by atoms with E-state index in [0.29, 0.717) is 24.3 Å². The zero-order chi connectivity index (χ0) is 13.1. The first kappa shape index (κ1) is 13.5. The van der Waals surface area contributed by atoms with Crippen LogP contribution in [0.3, 0.4) is 0 Å². The Labute approximate surface area is 107 Å². The summed E-state index contributed by atoms with van der Waals surface area (Å²) in [5.41, 5.74) is 0. The summed E-state index contributed by atoms with van der Waals surface area (Å²) < 4.78 is 26.4. The summed E-state index contributed by atoms with van der Waals surface area (Å²) in [6.07, 6.45) is 7.71. The van der Waals surface area contributed by atoms with Gasteiger partial charge in [-0.3, -0.25) is 9.47 Å². The van der Waals surface area contributed by atoms with Gasteiger partial charge in [0.05, 0.1) is 6.54 Å². The van der Waals surface area contributed by atoms with Crippen LogP contribution in [0.4, 0.5) is 8.78 Å². The molecule has 0 amide bonds. The summed E-state index contributed by atoms with van der Waals surface area (Å²) in [5.74, 6) is 1.09. The minimum Gasteiger partial charge on any atom is -0.296 e. The molecule has 1 aromatic heterocycles. The molecule has 0 bridgehead atoms. The lowest BCUT2D eigenvalue weighted by Crippen LogP contribution is -2.39. The van der Waals surface area contributed by atoms with Gasteiger partial charge in [0.2, 0.25) is 0 Å². The van der Waals surface area contributed by atoms with Crippen LogP contribution in [0.2, 0.25) is 0 Å². The summed E-state index contributed by atoms with van der Waals surface area (Å²) in [7, 11) is 2.01. The molecule has 0 aliphatic heterocycles. The first-order valence-electron chi connectivity index (χ1n) is 6.59. The molecule has 3 nitrogen and oxygen atoms in total. The molecule has 0 saturated heterocycles. The molecule has 0 radical (unpaired) electrons. The van der Waals surface area contributed by atoms with Gasteiger partial charge in [0, 0.05) is 18.4 Å². The number of aromatic nitrogens is 2. The van der Waals surface area contributed by atoms with Crippen molar-refractivity contribution in [3.8, 4) is 0 Å². The monoisotopic (exact) mass is 257 g/mol. The predicted molar refractivity (Wildman–Crippen MR) is 66.4 cm³/mol. The highest BCUT2D eigenvalue weighted by molar-refractivity contribution is 4.94. The lowest BCUT2D eigenvalue weighted by atomic mass is 9.85. The molecule has 0 aromatic carbocycles. The van der Waals surface area contributed by atoms with Crippen molar-refractivity contribution in [2.75, 3.05) is 7.05 Å². The van der Waals surface area contributed by atoms with E-state index >= 15 is 0 Å². The number of alkyl halides is 2. The average Bonchev–Trinajstić information content (AvgIpc) is 2.77. The lowest BCUT2D eigenvalue weighted by Gasteiger charge is -2.36. The van der Waals surface area contributed by atoms with E-state index in [0.717, 1.165) is 11.0 Å². The molecule has 0 N–H and O–H groups in total. The van der Waals surface area contributed by atoms with Crippen molar-refractivity contribution in [3.05, 3.63) is 18.2 Å². The molecule has 102 valence electrons. The zero-order valence-electron chi connectivity index (χ0n) is 11.0. The van der Waals surface area contributed by atoms with E-state index in [4.69, 9.17) is 0 Å². The maximum atomic E-state index is 12.7. The molecule has 2 unspecified atom stereocenters. The lowest BCUT2D eigenvalue weighted by molar-refractivity contribution is 0.0603. The predicted octanol–water partition coefficient (Wildman–Crippen LogP) is 3.29. The third-order valence-corrected chi connectivity index (χ3v) is 3.98. The molecule has 2 atom stereocenters. The van der Waals surface area contributed by atoms with E-state index in [1.165, 1.54) is 31.7 Å². The first-order chi connectivity index (χ1) is 8.59. The third kappa shape index (κ3) is 2.88. The molecule has 1 aromatic rings. The van der Waals surface area contributed by atoms with Gasteiger partial charge >= 0.3 is 6.55 Å². The van der Waals surface area contributed by atoms with Crippen molar-refractivity contribution in [3.63, 3.8) is 0 Å². The van der Waals surface area contributed by atoms with Gasteiger partial charge in [-0.05, 0) is 25.8 Å². The molecule has 1 fully saturated rings. The molecule has 1 aliphatic rings. The van der Waals surface area contributed by atoms with Crippen molar-refractivity contribution in [2.24, 2.45) is 5.92 Å². The van der Waals surface area contributed by atoms with E-state index in [1.54, 1.807) is 0 Å². The Morgan fingerprint density at radius 1 is 1.44 bits per heavy atom. The Bertz CT molecular complexity index is 378. The minimum absolute atomic E-state index is 0.449. The molecule has 1 saturated carbocycles. The number of hydrogen-bond donors (Lipinski definition) is 0. The molecular weight excluding hydrogens is 236 g/mol. The third-order valence-electron chi connectivity index (χ3n) is 3.98. The van der Waals surface area contributed by atoms with Crippen LogP contribution in [0.15, 0.2) is 12.4 Å². The highest BCUT2D eigenvalue weighted by atomic mass is 19.3. The number of rotatable bonds is 4. The SMILES string of the molecule is CC1CCCCC1N(C)Cc1nccn1C(F)F. The van der Waals surface area contributed by atoms with Gasteiger partial charge in [0.1, 0.15) is 5.82 Å². The van der Waals surface area contributed by atoms with Gasteiger partial charge in [-0.15, -0.1) is 0 Å². The van der Waals surface area contributed by atoms with Crippen LogP contribution in [0, 0.1) is 5.92 Å². The Hall–Kier alpha value is -0.970. The van der Waals surface area contributed by atoms with Gasteiger partial charge in [-0.25, -0.2) is 4.98 Å². The first-order valence-corrected chi connectivity index (χ1v) is 6.59. The summed E-state index contributed by atoms with van der Waals surface area (Å²) in [6.45, 7) is 0.242. The maximum Gasteiger partial charge on any atom is 0.319 e. The summed E-state index contributed by atoms with van der Waals surface area (Å²) in [6, 6.07) is 0.488. The van der Waals surface area contributed by atoms with Crippen LogP contribution in [-0.2, 0) is 6.54 Å². The maximum absolute atomic E-state index is 12.7. The summed E-state index contributed by atoms with van der Waals surface area (Å²) >= 11 is 0. The summed E-state index contributed by atoms with van der Waals surface area (Å²) in [5, 5.41) is 0. The Morgan fingerprint density at radius 2 is 2.17 bits per heavy atom. The largest absolute Gasteiger partial charge is 0.319 e. The second-order valence-corrected chi connectivity index (χ2v) is 5.27. The van der Waals surface area contributed by atoms with Crippen LogP contribution in [0.25, 0.3) is 0 Å². The van der Waals surface area contributed by atoms with E-state index in [1.807, 2.05) is 7.05 Å². The van der Waals surface area contributed by atoms with Gasteiger partial charge < -0.3 is 0 Å². The Morgan fingerprint density at radius 3 is 2.83 bits per heavy atom. The van der Waals surface area contributed by atoms with Crippen molar-refractivity contribution < 1.29 is 8.78 Å². The van der Waals surface area contributed by atoms with Crippen LogP contribution < -0.4 is 0 Å². The summed E-state index contributed by atoms with van der Waals surface area (Å²) in [4.78, 5) is 6.21. The average molecular weight is 257 g/mol. The normalized spacial score (nSPS) is 25.0. The number of halogens is 2. The van der Waals surface area contributed by atoms with Gasteiger partial charge in [-0.1, -0.05) is 19.8 Å². The van der Waals surface area contributed by atoms with Crippen LogP contribution >= 0.6 is 0 Å². The molecule has 18 heavy (non-hydrogen) atoms. The highest BCUT2D eigenvalue weighted by Gasteiger charge is 2.26. The molecule has 0 spiro atoms. The second kappa shape index (κ2) is 5.78. The fraction of sp³-hybridized carbons (Fsp3) is 0.769.